The van der Waals surface area contributed by atoms with Crippen LogP contribution in [0.1, 0.15) is 34.1 Å². The maximum Gasteiger partial charge on any atom is 0.425 e. The Bertz CT molecular complexity index is 247. The average molecular weight is 198 g/mol. The molecule has 0 aromatic carbocycles. The molecule has 80 valence electrons. The second kappa shape index (κ2) is 2.86. The Hall–Kier alpha value is -0.770. The predicted octanol–water partition coefficient (Wildman–Crippen LogP) is 1.61. The van der Waals surface area contributed by atoms with Crippen LogP contribution in [0.15, 0.2) is 0 Å². The van der Waals surface area contributed by atoms with Crippen molar-refractivity contribution in [2.24, 2.45) is 0 Å². The third-order valence-electron chi connectivity index (χ3n) is 2.85. The molecule has 1 unspecified atom stereocenters. The lowest BCUT2D eigenvalue weighted by Crippen LogP contribution is -2.65. The fourth-order valence-electron chi connectivity index (χ4n) is 2.21. The van der Waals surface area contributed by atoms with Crippen molar-refractivity contribution in [3.05, 3.63) is 0 Å². The van der Waals surface area contributed by atoms with E-state index >= 15 is 0 Å². The number of hydrazine groups is 1. The van der Waals surface area contributed by atoms with Crippen molar-refractivity contribution in [1.29, 1.82) is 0 Å². The summed E-state index contributed by atoms with van der Waals surface area (Å²) in [4.78, 5) is 11.7. The number of fused-ring (bicyclic) bond motifs is 1. The number of hydrogen-bond donors (Lipinski definition) is 0. The smallest absolute Gasteiger partial charge is 0.425 e. The molecule has 0 N–H and O–H groups in total. The average Bonchev–Trinajstić information content (AvgIpc) is 2.56. The van der Waals surface area contributed by atoms with Gasteiger partial charge >= 0.3 is 6.09 Å². The van der Waals surface area contributed by atoms with Crippen molar-refractivity contribution >= 4 is 6.09 Å². The van der Waals surface area contributed by atoms with Crippen LogP contribution in [0.4, 0.5) is 4.79 Å². The standard InChI is InChI=1S/C10H18N2O2/c1-7-8-5-6-11(7)12(8)9(13)14-10(2,3)4/h7-8H,5-6H2,1-4H3/t7-,8-/m0/s1. The maximum absolute atomic E-state index is 11.7. The highest BCUT2D eigenvalue weighted by atomic mass is 16.6. The van der Waals surface area contributed by atoms with E-state index in [2.05, 4.69) is 11.9 Å². The fourth-order valence-corrected chi connectivity index (χ4v) is 2.21. The molecule has 3 saturated heterocycles. The van der Waals surface area contributed by atoms with E-state index in [1.54, 1.807) is 5.01 Å². The zero-order chi connectivity index (χ0) is 10.5. The fraction of sp³-hybridized carbons (Fsp3) is 0.900. The molecule has 4 heteroatoms. The lowest BCUT2D eigenvalue weighted by Gasteiger charge is -2.48. The molecule has 1 amide bonds. The van der Waals surface area contributed by atoms with Crippen LogP contribution in [0, 0.1) is 0 Å². The lowest BCUT2D eigenvalue weighted by molar-refractivity contribution is -0.135. The summed E-state index contributed by atoms with van der Waals surface area (Å²) in [7, 11) is 0. The van der Waals surface area contributed by atoms with Gasteiger partial charge in [-0.15, -0.1) is 0 Å². The summed E-state index contributed by atoms with van der Waals surface area (Å²) in [5.74, 6) is 0. The molecule has 0 aliphatic carbocycles. The molecule has 3 rings (SSSR count). The zero-order valence-corrected chi connectivity index (χ0v) is 9.28. The van der Waals surface area contributed by atoms with Gasteiger partial charge in [0.15, 0.2) is 0 Å². The molecular weight excluding hydrogens is 180 g/mol. The van der Waals surface area contributed by atoms with Crippen molar-refractivity contribution in [2.45, 2.75) is 51.8 Å². The molecule has 2 bridgehead atoms. The Morgan fingerprint density at radius 2 is 2.07 bits per heavy atom. The normalized spacial score (nSPS) is 35.4. The Kier molecular flexibility index (Phi) is 2.00. The molecule has 0 radical (unpaired) electrons. The third kappa shape index (κ3) is 1.38. The van der Waals surface area contributed by atoms with Gasteiger partial charge in [0, 0.05) is 12.6 Å². The Balaban J connectivity index is 1.96. The highest BCUT2D eigenvalue weighted by Gasteiger charge is 2.53. The first kappa shape index (κ1) is 9.77. The highest BCUT2D eigenvalue weighted by molar-refractivity contribution is 5.69. The first-order valence-electron chi connectivity index (χ1n) is 5.19. The van der Waals surface area contributed by atoms with Gasteiger partial charge in [-0.25, -0.2) is 14.8 Å². The van der Waals surface area contributed by atoms with Gasteiger partial charge in [-0.1, -0.05) is 0 Å². The molecular formula is C10H18N2O2. The van der Waals surface area contributed by atoms with Crippen LogP contribution in [0.2, 0.25) is 0 Å². The third-order valence-corrected chi connectivity index (χ3v) is 2.85. The summed E-state index contributed by atoms with van der Waals surface area (Å²) in [6.45, 7) is 8.83. The van der Waals surface area contributed by atoms with Gasteiger partial charge in [-0.3, -0.25) is 0 Å². The number of carbonyl (C=O) groups is 1. The van der Waals surface area contributed by atoms with Crippen LogP contribution in [-0.4, -0.2) is 40.3 Å². The van der Waals surface area contributed by atoms with Gasteiger partial charge in [-0.05, 0) is 34.1 Å². The molecule has 3 fully saturated rings. The summed E-state index contributed by atoms with van der Waals surface area (Å²) < 4.78 is 5.32. The molecule has 0 aromatic rings. The number of carbonyl (C=O) groups excluding carboxylic acids is 1. The second-order valence-electron chi connectivity index (χ2n) is 5.08. The van der Waals surface area contributed by atoms with E-state index in [1.807, 2.05) is 20.8 Å². The second-order valence-corrected chi connectivity index (χ2v) is 5.08. The summed E-state index contributed by atoms with van der Waals surface area (Å²) in [5.41, 5.74) is -0.392. The molecule has 0 saturated carbocycles. The number of amides is 1. The van der Waals surface area contributed by atoms with Crippen molar-refractivity contribution in [2.75, 3.05) is 6.54 Å². The number of hydrogen-bond acceptors (Lipinski definition) is 3. The van der Waals surface area contributed by atoms with E-state index in [0.717, 1.165) is 13.0 Å². The van der Waals surface area contributed by atoms with Crippen molar-refractivity contribution < 1.29 is 9.53 Å². The van der Waals surface area contributed by atoms with Gasteiger partial charge in [0.25, 0.3) is 0 Å². The summed E-state index contributed by atoms with van der Waals surface area (Å²) in [6, 6.07) is 0.896. The number of nitrogens with zero attached hydrogens (tertiary/aromatic N) is 2. The van der Waals surface area contributed by atoms with E-state index in [-0.39, 0.29) is 6.09 Å². The molecule has 3 heterocycles. The van der Waals surface area contributed by atoms with Gasteiger partial charge in [0.05, 0.1) is 6.04 Å². The van der Waals surface area contributed by atoms with Gasteiger partial charge in [0.2, 0.25) is 0 Å². The van der Waals surface area contributed by atoms with Crippen LogP contribution >= 0.6 is 0 Å². The van der Waals surface area contributed by atoms with Gasteiger partial charge < -0.3 is 4.74 Å². The van der Waals surface area contributed by atoms with E-state index in [9.17, 15) is 4.79 Å². The Morgan fingerprint density at radius 1 is 1.43 bits per heavy atom. The minimum Gasteiger partial charge on any atom is -0.443 e. The zero-order valence-electron chi connectivity index (χ0n) is 9.28. The van der Waals surface area contributed by atoms with Crippen LogP contribution < -0.4 is 0 Å². The summed E-state index contributed by atoms with van der Waals surface area (Å²) in [6.07, 6.45) is 0.888. The summed E-state index contributed by atoms with van der Waals surface area (Å²) in [5, 5.41) is 3.84. The number of ether oxygens (including phenoxy) is 1. The van der Waals surface area contributed by atoms with E-state index in [0.29, 0.717) is 12.1 Å². The molecule has 14 heavy (non-hydrogen) atoms. The van der Waals surface area contributed by atoms with Gasteiger partial charge in [-0.2, -0.15) is 0 Å². The van der Waals surface area contributed by atoms with E-state index in [1.165, 1.54) is 0 Å². The van der Waals surface area contributed by atoms with Crippen LogP contribution in [-0.2, 0) is 4.74 Å². The molecule has 0 spiro atoms. The van der Waals surface area contributed by atoms with Crippen molar-refractivity contribution in [1.82, 2.24) is 10.0 Å². The Morgan fingerprint density at radius 3 is 2.43 bits per heavy atom. The van der Waals surface area contributed by atoms with Crippen LogP contribution in [0.3, 0.4) is 0 Å². The topological polar surface area (TPSA) is 32.8 Å². The Labute approximate surface area is 84.8 Å². The van der Waals surface area contributed by atoms with E-state index in [4.69, 9.17) is 4.74 Å². The van der Waals surface area contributed by atoms with E-state index < -0.39 is 5.60 Å². The minimum absolute atomic E-state index is 0.196. The molecule has 3 atom stereocenters. The van der Waals surface area contributed by atoms with Crippen molar-refractivity contribution in [3.63, 3.8) is 0 Å². The molecule has 3 aliphatic heterocycles. The quantitative estimate of drug-likeness (QED) is 0.593. The molecule has 0 aromatic heterocycles. The van der Waals surface area contributed by atoms with Gasteiger partial charge in [0.1, 0.15) is 5.60 Å². The first-order valence-corrected chi connectivity index (χ1v) is 5.19. The summed E-state index contributed by atoms with van der Waals surface area (Å²) >= 11 is 0. The highest BCUT2D eigenvalue weighted by Crippen LogP contribution is 2.37. The van der Waals surface area contributed by atoms with Crippen molar-refractivity contribution in [3.8, 4) is 0 Å². The first-order chi connectivity index (χ1) is 6.40. The van der Waals surface area contributed by atoms with Crippen LogP contribution in [0.25, 0.3) is 0 Å². The van der Waals surface area contributed by atoms with Crippen LogP contribution in [0.5, 0.6) is 0 Å². The largest absolute Gasteiger partial charge is 0.443 e. The molecule has 3 aliphatic rings. The maximum atomic E-state index is 11.7. The number of rotatable bonds is 0. The predicted molar refractivity (Wildman–Crippen MR) is 52.6 cm³/mol. The lowest BCUT2D eigenvalue weighted by atomic mass is 10.1. The monoisotopic (exact) mass is 198 g/mol. The molecule has 4 nitrogen and oxygen atoms in total. The SMILES string of the molecule is C[C@H]1[C@@H]2CCN1N2C(=O)OC(C)(C)C. The minimum atomic E-state index is -0.392.